The van der Waals surface area contributed by atoms with E-state index in [0.717, 1.165) is 23.1 Å². The number of carbonyl (C=O) groups excluding carboxylic acids is 1. The zero-order chi connectivity index (χ0) is 13.9. The minimum Gasteiger partial charge on any atom is -0.338 e. The molecule has 0 aromatic heterocycles. The topological polar surface area (TPSA) is 32.3 Å². The Morgan fingerprint density at radius 3 is 2.85 bits per heavy atom. The Labute approximate surface area is 128 Å². The first-order chi connectivity index (χ1) is 9.72. The van der Waals surface area contributed by atoms with Gasteiger partial charge in [0, 0.05) is 23.1 Å². The fourth-order valence-electron chi connectivity index (χ4n) is 2.91. The van der Waals surface area contributed by atoms with E-state index in [-0.39, 0.29) is 5.91 Å². The highest BCUT2D eigenvalue weighted by molar-refractivity contribution is 9.10. The van der Waals surface area contributed by atoms with E-state index in [0.29, 0.717) is 18.5 Å². The molecular formula is C16H21BrN2O. The molecule has 3 rings (SSSR count). The van der Waals surface area contributed by atoms with Crippen LogP contribution in [0.15, 0.2) is 28.7 Å². The Balaban J connectivity index is 1.63. The number of benzene rings is 1. The molecule has 2 aliphatic rings. The van der Waals surface area contributed by atoms with Gasteiger partial charge in [-0.25, -0.2) is 0 Å². The third kappa shape index (κ3) is 3.61. The molecule has 1 saturated carbocycles. The molecule has 0 spiro atoms. The number of nitrogens with one attached hydrogen (secondary N) is 1. The van der Waals surface area contributed by atoms with Gasteiger partial charge in [0.25, 0.3) is 0 Å². The Bertz CT molecular complexity index is 481. The van der Waals surface area contributed by atoms with Gasteiger partial charge in [-0.15, -0.1) is 0 Å². The standard InChI is InChI=1S/C16H21BrN2O/c17-13-4-1-3-12(9-13)10-16(20)19(15-6-7-15)11-14-5-2-8-18-14/h1,3-4,9,14-15,18H,2,5-8,10-11H2. The SMILES string of the molecule is O=C(Cc1cccc(Br)c1)N(CC1CCCN1)C1CC1. The molecule has 1 saturated heterocycles. The summed E-state index contributed by atoms with van der Waals surface area (Å²) in [6.07, 6.45) is 5.31. The smallest absolute Gasteiger partial charge is 0.227 e. The number of hydrogen-bond donors (Lipinski definition) is 1. The van der Waals surface area contributed by atoms with Crippen molar-refractivity contribution in [1.29, 1.82) is 0 Å². The molecule has 3 nitrogen and oxygen atoms in total. The molecule has 0 bridgehead atoms. The molecule has 4 heteroatoms. The van der Waals surface area contributed by atoms with Crippen molar-refractivity contribution in [3.8, 4) is 0 Å². The molecule has 1 atom stereocenters. The summed E-state index contributed by atoms with van der Waals surface area (Å²) in [6, 6.07) is 9.05. The molecule has 1 amide bonds. The Morgan fingerprint density at radius 2 is 2.20 bits per heavy atom. The largest absolute Gasteiger partial charge is 0.338 e. The normalized spacial score (nSPS) is 21.9. The predicted molar refractivity (Wildman–Crippen MR) is 83.6 cm³/mol. The summed E-state index contributed by atoms with van der Waals surface area (Å²) in [6.45, 7) is 1.99. The monoisotopic (exact) mass is 336 g/mol. The van der Waals surface area contributed by atoms with Gasteiger partial charge in [0.05, 0.1) is 6.42 Å². The molecular weight excluding hydrogens is 316 g/mol. The highest BCUT2D eigenvalue weighted by atomic mass is 79.9. The van der Waals surface area contributed by atoms with Gasteiger partial charge in [-0.05, 0) is 49.9 Å². The molecule has 0 radical (unpaired) electrons. The van der Waals surface area contributed by atoms with E-state index in [1.807, 2.05) is 24.3 Å². The average Bonchev–Trinajstić information content (AvgIpc) is 3.12. The van der Waals surface area contributed by atoms with Crippen LogP contribution in [-0.4, -0.2) is 36.0 Å². The Hall–Kier alpha value is -0.870. The molecule has 1 aliphatic carbocycles. The number of rotatable bonds is 5. The van der Waals surface area contributed by atoms with Crippen LogP contribution in [0.1, 0.15) is 31.2 Å². The number of halogens is 1. The number of hydrogen-bond acceptors (Lipinski definition) is 2. The minimum absolute atomic E-state index is 0.277. The number of nitrogens with zero attached hydrogens (tertiary/aromatic N) is 1. The van der Waals surface area contributed by atoms with Crippen LogP contribution in [0.5, 0.6) is 0 Å². The molecule has 20 heavy (non-hydrogen) atoms. The van der Waals surface area contributed by atoms with Gasteiger partial charge in [-0.2, -0.15) is 0 Å². The van der Waals surface area contributed by atoms with E-state index in [9.17, 15) is 4.79 Å². The van der Waals surface area contributed by atoms with E-state index < -0.39 is 0 Å². The van der Waals surface area contributed by atoms with Crippen molar-refractivity contribution in [2.75, 3.05) is 13.1 Å². The van der Waals surface area contributed by atoms with Crippen LogP contribution in [0.4, 0.5) is 0 Å². The lowest BCUT2D eigenvalue weighted by Gasteiger charge is -2.26. The summed E-state index contributed by atoms with van der Waals surface area (Å²) in [7, 11) is 0. The van der Waals surface area contributed by atoms with Gasteiger partial charge >= 0.3 is 0 Å². The maximum absolute atomic E-state index is 12.6. The van der Waals surface area contributed by atoms with Crippen molar-refractivity contribution in [3.63, 3.8) is 0 Å². The van der Waals surface area contributed by atoms with E-state index in [1.54, 1.807) is 0 Å². The minimum atomic E-state index is 0.277. The van der Waals surface area contributed by atoms with Crippen molar-refractivity contribution in [2.24, 2.45) is 0 Å². The van der Waals surface area contributed by atoms with Gasteiger partial charge in [0.15, 0.2) is 0 Å². The molecule has 1 N–H and O–H groups in total. The fourth-order valence-corrected chi connectivity index (χ4v) is 3.36. The van der Waals surface area contributed by atoms with E-state index >= 15 is 0 Å². The third-order valence-corrected chi connectivity index (χ3v) is 4.63. The van der Waals surface area contributed by atoms with Crippen molar-refractivity contribution in [3.05, 3.63) is 34.3 Å². The number of amides is 1. The molecule has 1 heterocycles. The average molecular weight is 337 g/mol. The second kappa shape index (κ2) is 6.27. The quantitative estimate of drug-likeness (QED) is 0.896. The molecule has 1 aromatic carbocycles. The summed E-state index contributed by atoms with van der Waals surface area (Å²) in [4.78, 5) is 14.7. The Kier molecular flexibility index (Phi) is 4.41. The van der Waals surface area contributed by atoms with Gasteiger partial charge in [-0.1, -0.05) is 28.1 Å². The zero-order valence-corrected chi connectivity index (χ0v) is 13.2. The molecule has 1 aliphatic heterocycles. The first kappa shape index (κ1) is 14.1. The summed E-state index contributed by atoms with van der Waals surface area (Å²) < 4.78 is 1.04. The van der Waals surface area contributed by atoms with Crippen molar-refractivity contribution < 1.29 is 4.79 Å². The second-order valence-electron chi connectivity index (χ2n) is 5.88. The molecule has 1 unspecified atom stereocenters. The molecule has 1 aromatic rings. The highest BCUT2D eigenvalue weighted by Crippen LogP contribution is 2.28. The fraction of sp³-hybridized carbons (Fsp3) is 0.562. The van der Waals surface area contributed by atoms with Crippen molar-refractivity contribution >= 4 is 21.8 Å². The third-order valence-electron chi connectivity index (χ3n) is 4.13. The first-order valence-electron chi connectivity index (χ1n) is 7.49. The highest BCUT2D eigenvalue weighted by Gasteiger charge is 2.34. The summed E-state index contributed by atoms with van der Waals surface area (Å²) in [5.41, 5.74) is 1.09. The predicted octanol–water partition coefficient (Wildman–Crippen LogP) is 2.73. The van der Waals surface area contributed by atoms with E-state index in [4.69, 9.17) is 0 Å². The molecule has 108 valence electrons. The van der Waals surface area contributed by atoms with Gasteiger partial charge in [0.2, 0.25) is 5.91 Å². The summed E-state index contributed by atoms with van der Waals surface area (Å²) in [5, 5.41) is 3.50. The van der Waals surface area contributed by atoms with Crippen molar-refractivity contribution in [1.82, 2.24) is 10.2 Å². The van der Waals surface area contributed by atoms with Gasteiger partial charge < -0.3 is 10.2 Å². The van der Waals surface area contributed by atoms with Crippen LogP contribution in [0.25, 0.3) is 0 Å². The summed E-state index contributed by atoms with van der Waals surface area (Å²) in [5.74, 6) is 0.277. The second-order valence-corrected chi connectivity index (χ2v) is 6.79. The maximum Gasteiger partial charge on any atom is 0.227 e. The lowest BCUT2D eigenvalue weighted by atomic mass is 10.1. The lowest BCUT2D eigenvalue weighted by Crippen LogP contribution is -2.43. The van der Waals surface area contributed by atoms with E-state index in [1.165, 1.54) is 25.7 Å². The van der Waals surface area contributed by atoms with Crippen LogP contribution in [0.3, 0.4) is 0 Å². The van der Waals surface area contributed by atoms with Crippen LogP contribution < -0.4 is 5.32 Å². The van der Waals surface area contributed by atoms with Gasteiger partial charge in [-0.3, -0.25) is 4.79 Å². The van der Waals surface area contributed by atoms with Crippen molar-refractivity contribution in [2.45, 2.75) is 44.2 Å². The first-order valence-corrected chi connectivity index (χ1v) is 8.29. The van der Waals surface area contributed by atoms with Crippen LogP contribution >= 0.6 is 15.9 Å². The van der Waals surface area contributed by atoms with Crippen LogP contribution in [0.2, 0.25) is 0 Å². The van der Waals surface area contributed by atoms with Crippen LogP contribution in [0, 0.1) is 0 Å². The number of carbonyl (C=O) groups is 1. The van der Waals surface area contributed by atoms with E-state index in [2.05, 4.69) is 26.1 Å². The van der Waals surface area contributed by atoms with Crippen LogP contribution in [-0.2, 0) is 11.2 Å². The Morgan fingerprint density at radius 1 is 1.35 bits per heavy atom. The molecule has 2 fully saturated rings. The summed E-state index contributed by atoms with van der Waals surface area (Å²) >= 11 is 3.47. The van der Waals surface area contributed by atoms with Gasteiger partial charge in [0.1, 0.15) is 0 Å². The zero-order valence-electron chi connectivity index (χ0n) is 11.6. The lowest BCUT2D eigenvalue weighted by molar-refractivity contribution is -0.131. The maximum atomic E-state index is 12.6.